The van der Waals surface area contributed by atoms with Crippen LogP contribution >= 0.6 is 0 Å². The molecule has 1 fully saturated rings. The molecular formula is C19H32N2. The number of nitrogens with zero attached hydrogens (tertiary/aromatic N) is 1. The van der Waals surface area contributed by atoms with E-state index in [0.717, 1.165) is 19.1 Å². The van der Waals surface area contributed by atoms with E-state index in [9.17, 15) is 0 Å². The van der Waals surface area contributed by atoms with E-state index in [1.54, 1.807) is 0 Å². The molecule has 118 valence electrons. The van der Waals surface area contributed by atoms with E-state index in [1.165, 1.54) is 47.9 Å². The van der Waals surface area contributed by atoms with Gasteiger partial charge in [0.05, 0.1) is 0 Å². The molecule has 1 aliphatic carbocycles. The second-order valence-electron chi connectivity index (χ2n) is 6.91. The first kappa shape index (κ1) is 16.5. The molecule has 0 radical (unpaired) electrons. The van der Waals surface area contributed by atoms with E-state index in [1.807, 2.05) is 0 Å². The number of aryl methyl sites for hydroxylation is 3. The van der Waals surface area contributed by atoms with Crippen LogP contribution in [0.15, 0.2) is 12.1 Å². The molecule has 1 N–H and O–H groups in total. The first-order valence-corrected chi connectivity index (χ1v) is 8.50. The Morgan fingerprint density at radius 2 is 1.71 bits per heavy atom. The summed E-state index contributed by atoms with van der Waals surface area (Å²) in [6, 6.07) is 5.85. The average Bonchev–Trinajstić information content (AvgIpc) is 2.91. The maximum atomic E-state index is 3.71. The summed E-state index contributed by atoms with van der Waals surface area (Å²) in [5.41, 5.74) is 5.67. The van der Waals surface area contributed by atoms with Crippen LogP contribution in [0.3, 0.4) is 0 Å². The lowest BCUT2D eigenvalue weighted by molar-refractivity contribution is 0.243. The number of hydrogen-bond acceptors (Lipinski definition) is 2. The molecule has 21 heavy (non-hydrogen) atoms. The van der Waals surface area contributed by atoms with E-state index in [2.05, 4.69) is 57.1 Å². The van der Waals surface area contributed by atoms with Crippen LogP contribution in [-0.4, -0.2) is 31.1 Å². The Hall–Kier alpha value is -0.860. The highest BCUT2D eigenvalue weighted by molar-refractivity contribution is 5.39. The minimum atomic E-state index is 0.433. The highest BCUT2D eigenvalue weighted by atomic mass is 15.1. The standard InChI is InChI=1S/C19H32N2/c1-14-12-15(2)19(16(3)13-14)17(4)20-10-11-21(5)18-8-6-7-9-18/h12-13,17-18,20H,6-11H2,1-5H3. The van der Waals surface area contributed by atoms with Crippen LogP contribution in [0.5, 0.6) is 0 Å². The molecule has 0 aliphatic heterocycles. The van der Waals surface area contributed by atoms with Gasteiger partial charge < -0.3 is 10.2 Å². The molecule has 0 amide bonds. The maximum absolute atomic E-state index is 3.71. The zero-order valence-electron chi connectivity index (χ0n) is 14.5. The van der Waals surface area contributed by atoms with Crippen LogP contribution in [0, 0.1) is 20.8 Å². The maximum Gasteiger partial charge on any atom is 0.0297 e. The minimum Gasteiger partial charge on any atom is -0.309 e. The summed E-state index contributed by atoms with van der Waals surface area (Å²) in [5, 5.41) is 3.71. The van der Waals surface area contributed by atoms with Crippen LogP contribution in [0.25, 0.3) is 0 Å². The van der Waals surface area contributed by atoms with Crippen LogP contribution in [0.4, 0.5) is 0 Å². The number of benzene rings is 1. The molecule has 2 rings (SSSR count). The Balaban J connectivity index is 1.85. The predicted molar refractivity (Wildman–Crippen MR) is 92.0 cm³/mol. The lowest BCUT2D eigenvalue weighted by atomic mass is 9.95. The van der Waals surface area contributed by atoms with Gasteiger partial charge in [-0.25, -0.2) is 0 Å². The van der Waals surface area contributed by atoms with E-state index in [-0.39, 0.29) is 0 Å². The fourth-order valence-corrected chi connectivity index (χ4v) is 3.96. The Kier molecular flexibility index (Phi) is 5.83. The van der Waals surface area contributed by atoms with Gasteiger partial charge in [0.15, 0.2) is 0 Å². The Morgan fingerprint density at radius 3 is 2.29 bits per heavy atom. The molecule has 2 nitrogen and oxygen atoms in total. The Morgan fingerprint density at radius 1 is 1.14 bits per heavy atom. The van der Waals surface area contributed by atoms with Gasteiger partial charge in [0.25, 0.3) is 0 Å². The van der Waals surface area contributed by atoms with Gasteiger partial charge in [0, 0.05) is 25.2 Å². The van der Waals surface area contributed by atoms with E-state index in [4.69, 9.17) is 0 Å². The van der Waals surface area contributed by atoms with E-state index < -0.39 is 0 Å². The third-order valence-corrected chi connectivity index (χ3v) is 5.03. The van der Waals surface area contributed by atoms with Crippen molar-refractivity contribution in [1.82, 2.24) is 10.2 Å². The molecule has 1 aliphatic rings. The van der Waals surface area contributed by atoms with Gasteiger partial charge in [-0.3, -0.25) is 0 Å². The lowest BCUT2D eigenvalue weighted by Crippen LogP contribution is -2.36. The first-order valence-electron chi connectivity index (χ1n) is 8.50. The molecule has 0 heterocycles. The molecule has 1 atom stereocenters. The van der Waals surface area contributed by atoms with Crippen molar-refractivity contribution in [2.75, 3.05) is 20.1 Å². The highest BCUT2D eigenvalue weighted by Gasteiger charge is 2.19. The van der Waals surface area contributed by atoms with Gasteiger partial charge >= 0.3 is 0 Å². The van der Waals surface area contributed by atoms with Gasteiger partial charge in [-0.15, -0.1) is 0 Å². The van der Waals surface area contributed by atoms with Crippen molar-refractivity contribution in [3.63, 3.8) is 0 Å². The average molecular weight is 288 g/mol. The summed E-state index contributed by atoms with van der Waals surface area (Å²) in [6.45, 7) is 11.2. The quantitative estimate of drug-likeness (QED) is 0.846. The van der Waals surface area contributed by atoms with Gasteiger partial charge in [-0.2, -0.15) is 0 Å². The highest BCUT2D eigenvalue weighted by Crippen LogP contribution is 2.24. The third-order valence-electron chi connectivity index (χ3n) is 5.03. The monoisotopic (exact) mass is 288 g/mol. The minimum absolute atomic E-state index is 0.433. The zero-order valence-corrected chi connectivity index (χ0v) is 14.5. The first-order chi connectivity index (χ1) is 9.99. The van der Waals surface area contributed by atoms with Gasteiger partial charge in [-0.1, -0.05) is 30.5 Å². The van der Waals surface area contributed by atoms with Crippen molar-refractivity contribution >= 4 is 0 Å². The molecule has 1 unspecified atom stereocenters. The SMILES string of the molecule is Cc1cc(C)c(C(C)NCCN(C)C2CCCC2)c(C)c1. The van der Waals surface area contributed by atoms with Gasteiger partial charge in [-0.05, 0) is 64.3 Å². The zero-order chi connectivity index (χ0) is 15.4. The molecule has 2 heteroatoms. The van der Waals surface area contributed by atoms with Gasteiger partial charge in [0.1, 0.15) is 0 Å². The van der Waals surface area contributed by atoms with Crippen molar-refractivity contribution in [2.24, 2.45) is 0 Å². The summed E-state index contributed by atoms with van der Waals surface area (Å²) in [4.78, 5) is 2.54. The Labute approximate surface area is 130 Å². The van der Waals surface area contributed by atoms with Crippen molar-refractivity contribution in [1.29, 1.82) is 0 Å². The molecule has 0 aromatic heterocycles. The Bertz CT molecular complexity index is 438. The fraction of sp³-hybridized carbons (Fsp3) is 0.684. The van der Waals surface area contributed by atoms with Crippen LogP contribution in [0.2, 0.25) is 0 Å². The summed E-state index contributed by atoms with van der Waals surface area (Å²) >= 11 is 0. The normalized spacial score (nSPS) is 17.6. The van der Waals surface area contributed by atoms with E-state index in [0.29, 0.717) is 6.04 Å². The number of nitrogens with one attached hydrogen (secondary N) is 1. The number of rotatable bonds is 6. The largest absolute Gasteiger partial charge is 0.309 e. The lowest BCUT2D eigenvalue weighted by Gasteiger charge is -2.26. The molecule has 0 bridgehead atoms. The molecule has 1 aromatic carbocycles. The van der Waals surface area contributed by atoms with E-state index >= 15 is 0 Å². The summed E-state index contributed by atoms with van der Waals surface area (Å²) in [7, 11) is 2.28. The topological polar surface area (TPSA) is 15.3 Å². The van der Waals surface area contributed by atoms with Crippen molar-refractivity contribution in [2.45, 2.75) is 65.5 Å². The molecule has 0 saturated heterocycles. The van der Waals surface area contributed by atoms with Crippen molar-refractivity contribution in [3.05, 3.63) is 34.4 Å². The van der Waals surface area contributed by atoms with Gasteiger partial charge in [0.2, 0.25) is 0 Å². The fourth-order valence-electron chi connectivity index (χ4n) is 3.96. The second-order valence-corrected chi connectivity index (χ2v) is 6.91. The summed E-state index contributed by atoms with van der Waals surface area (Å²) in [5.74, 6) is 0. The second kappa shape index (κ2) is 7.42. The summed E-state index contributed by atoms with van der Waals surface area (Å²) in [6.07, 6.45) is 5.62. The molecular weight excluding hydrogens is 256 g/mol. The molecule has 1 aromatic rings. The number of likely N-dealkylation sites (N-methyl/N-ethyl adjacent to an activating group) is 1. The smallest absolute Gasteiger partial charge is 0.0297 e. The third kappa shape index (κ3) is 4.31. The predicted octanol–water partition coefficient (Wildman–Crippen LogP) is 4.14. The van der Waals surface area contributed by atoms with Crippen LogP contribution < -0.4 is 5.32 Å². The van der Waals surface area contributed by atoms with Crippen LogP contribution in [0.1, 0.15) is 60.9 Å². The summed E-state index contributed by atoms with van der Waals surface area (Å²) < 4.78 is 0. The van der Waals surface area contributed by atoms with Crippen molar-refractivity contribution < 1.29 is 0 Å². The van der Waals surface area contributed by atoms with Crippen LogP contribution in [-0.2, 0) is 0 Å². The molecule has 1 saturated carbocycles. The molecule has 0 spiro atoms. The number of hydrogen-bond donors (Lipinski definition) is 1. The van der Waals surface area contributed by atoms with Crippen molar-refractivity contribution in [3.8, 4) is 0 Å².